The van der Waals surface area contributed by atoms with E-state index in [1.807, 2.05) is 5.38 Å². The van der Waals surface area contributed by atoms with Crippen LogP contribution in [0.5, 0.6) is 0 Å². The van der Waals surface area contributed by atoms with Gasteiger partial charge in [0.15, 0.2) is 0 Å². The van der Waals surface area contributed by atoms with Gasteiger partial charge in [0.25, 0.3) is 5.91 Å². The summed E-state index contributed by atoms with van der Waals surface area (Å²) in [6, 6.07) is 4.72. The Morgan fingerprint density at radius 3 is 2.88 bits per heavy atom. The van der Waals surface area contributed by atoms with Crippen molar-refractivity contribution in [3.05, 3.63) is 51.2 Å². The first-order valence-corrected chi connectivity index (χ1v) is 8.55. The van der Waals surface area contributed by atoms with Crippen LogP contribution in [0.3, 0.4) is 0 Å². The fraction of sp³-hybridized carbons (Fsp3) is 0.353. The number of carbonyl (C=O) groups is 1. The third kappa shape index (κ3) is 3.56. The van der Waals surface area contributed by atoms with E-state index in [1.165, 1.54) is 17.0 Å². The van der Waals surface area contributed by atoms with Gasteiger partial charge in [0, 0.05) is 10.3 Å². The maximum atomic E-state index is 12.7. The van der Waals surface area contributed by atoms with Crippen molar-refractivity contribution in [3.8, 4) is 0 Å². The molecule has 1 aromatic heterocycles. The van der Waals surface area contributed by atoms with Gasteiger partial charge in [0.2, 0.25) is 0 Å². The van der Waals surface area contributed by atoms with Crippen molar-refractivity contribution in [1.82, 2.24) is 5.43 Å². The Labute approximate surface area is 141 Å². The molecular weight excluding hydrogens is 337 g/mol. The minimum absolute atomic E-state index is 0.191. The molecule has 0 fully saturated rings. The van der Waals surface area contributed by atoms with E-state index in [-0.39, 0.29) is 11.6 Å². The second-order valence-electron chi connectivity index (χ2n) is 6.06. The molecule has 3 nitrogen and oxygen atoms in total. The normalized spacial score (nSPS) is 17.2. The fourth-order valence-electron chi connectivity index (χ4n) is 2.84. The molecule has 0 saturated carbocycles. The second-order valence-corrected chi connectivity index (χ2v) is 7.02. The van der Waals surface area contributed by atoms with Crippen LogP contribution in [-0.2, 0) is 19.0 Å². The largest absolute Gasteiger partial charge is 0.416 e. The van der Waals surface area contributed by atoms with E-state index in [4.69, 9.17) is 0 Å². The minimum atomic E-state index is -4.41. The number of fused-ring (bicyclic) bond motifs is 1. The van der Waals surface area contributed by atoms with Gasteiger partial charge in [-0.3, -0.25) is 15.6 Å². The number of amides is 1. The molecule has 1 unspecified atom stereocenters. The number of halogens is 3. The molecule has 7 heteroatoms. The van der Waals surface area contributed by atoms with Gasteiger partial charge in [0.1, 0.15) is 0 Å². The molecule has 3 rings (SSSR count). The van der Waals surface area contributed by atoms with Crippen molar-refractivity contribution in [1.29, 1.82) is 0 Å². The van der Waals surface area contributed by atoms with E-state index in [1.54, 1.807) is 11.3 Å². The van der Waals surface area contributed by atoms with Crippen LogP contribution >= 0.6 is 11.3 Å². The van der Waals surface area contributed by atoms with E-state index in [2.05, 4.69) is 17.8 Å². The van der Waals surface area contributed by atoms with Gasteiger partial charge >= 0.3 is 6.18 Å². The molecule has 1 aromatic carbocycles. The van der Waals surface area contributed by atoms with E-state index in [0.29, 0.717) is 11.5 Å². The summed E-state index contributed by atoms with van der Waals surface area (Å²) < 4.78 is 38.1. The van der Waals surface area contributed by atoms with Crippen molar-refractivity contribution in [2.75, 3.05) is 5.43 Å². The van der Waals surface area contributed by atoms with E-state index >= 15 is 0 Å². The number of alkyl halides is 3. The molecule has 0 bridgehead atoms. The van der Waals surface area contributed by atoms with Crippen LogP contribution in [0.25, 0.3) is 0 Å². The van der Waals surface area contributed by atoms with Gasteiger partial charge in [-0.25, -0.2) is 0 Å². The molecule has 1 atom stereocenters. The molecule has 1 heterocycles. The number of anilines is 1. The first-order valence-electron chi connectivity index (χ1n) is 7.67. The smallest absolute Gasteiger partial charge is 0.298 e. The summed E-state index contributed by atoms with van der Waals surface area (Å²) in [5, 5.41) is 1.83. The van der Waals surface area contributed by atoms with Crippen LogP contribution in [0.1, 0.15) is 39.7 Å². The van der Waals surface area contributed by atoms with Gasteiger partial charge in [-0.05, 0) is 48.9 Å². The zero-order chi connectivity index (χ0) is 17.3. The monoisotopic (exact) mass is 354 g/mol. The van der Waals surface area contributed by atoms with Crippen molar-refractivity contribution in [2.45, 2.75) is 32.4 Å². The number of thiophene rings is 1. The molecule has 0 spiro atoms. The number of carbonyl (C=O) groups excluding carboxylic acids is 1. The van der Waals surface area contributed by atoms with E-state index < -0.39 is 11.7 Å². The molecule has 24 heavy (non-hydrogen) atoms. The number of rotatable bonds is 3. The predicted molar refractivity (Wildman–Crippen MR) is 88.0 cm³/mol. The van der Waals surface area contributed by atoms with Crippen LogP contribution in [-0.4, -0.2) is 5.91 Å². The number of hydrogen-bond acceptors (Lipinski definition) is 3. The standard InChI is InChI=1S/C17H17F3N2OS/c1-10-5-6-13-14(9-24-15(13)7-10)16(23)22-21-12-4-2-3-11(8-12)17(18,19)20/h2-4,8-10,21H,5-7H2,1H3,(H,22,23). The van der Waals surface area contributed by atoms with Crippen LogP contribution in [0.2, 0.25) is 0 Å². The molecule has 1 amide bonds. The van der Waals surface area contributed by atoms with Crippen molar-refractivity contribution < 1.29 is 18.0 Å². The lowest BCUT2D eigenvalue weighted by Crippen LogP contribution is -2.30. The summed E-state index contributed by atoms with van der Waals surface area (Å²) in [4.78, 5) is 13.6. The van der Waals surface area contributed by atoms with Gasteiger partial charge < -0.3 is 0 Å². The second kappa shape index (κ2) is 6.47. The minimum Gasteiger partial charge on any atom is -0.298 e. The Kier molecular flexibility index (Phi) is 4.54. The molecule has 0 saturated heterocycles. The molecule has 128 valence electrons. The topological polar surface area (TPSA) is 41.1 Å². The van der Waals surface area contributed by atoms with Crippen molar-refractivity contribution in [3.63, 3.8) is 0 Å². The maximum absolute atomic E-state index is 12.7. The Balaban J connectivity index is 1.69. The van der Waals surface area contributed by atoms with Crippen LogP contribution in [0.4, 0.5) is 18.9 Å². The zero-order valence-electron chi connectivity index (χ0n) is 13.0. The number of nitrogens with one attached hydrogen (secondary N) is 2. The van der Waals surface area contributed by atoms with Gasteiger partial charge in [0.05, 0.1) is 16.8 Å². The molecule has 0 aliphatic heterocycles. The highest BCUT2D eigenvalue weighted by molar-refractivity contribution is 7.10. The number of benzene rings is 1. The Bertz CT molecular complexity index is 755. The van der Waals surface area contributed by atoms with Gasteiger partial charge in [-0.15, -0.1) is 11.3 Å². The number of hydrogen-bond donors (Lipinski definition) is 2. The lowest BCUT2D eigenvalue weighted by atomic mass is 9.88. The highest BCUT2D eigenvalue weighted by Crippen LogP contribution is 2.33. The summed E-state index contributed by atoms with van der Waals surface area (Å²) in [5.41, 5.74) is 6.17. The van der Waals surface area contributed by atoms with Gasteiger partial charge in [-0.2, -0.15) is 13.2 Å². The third-order valence-electron chi connectivity index (χ3n) is 4.16. The van der Waals surface area contributed by atoms with E-state index in [9.17, 15) is 18.0 Å². The average molecular weight is 354 g/mol. The van der Waals surface area contributed by atoms with Gasteiger partial charge in [-0.1, -0.05) is 13.0 Å². The SMILES string of the molecule is CC1CCc2c(C(=O)NNc3cccc(C(F)(F)F)c3)csc2C1. The Hall–Kier alpha value is -2.02. The first kappa shape index (κ1) is 16.8. The summed E-state index contributed by atoms with van der Waals surface area (Å²) in [6.45, 7) is 2.19. The third-order valence-corrected chi connectivity index (χ3v) is 5.21. The summed E-state index contributed by atoms with van der Waals surface area (Å²) >= 11 is 1.57. The average Bonchev–Trinajstić information content (AvgIpc) is 2.95. The highest BCUT2D eigenvalue weighted by atomic mass is 32.1. The van der Waals surface area contributed by atoms with Crippen molar-refractivity contribution in [2.24, 2.45) is 5.92 Å². The zero-order valence-corrected chi connectivity index (χ0v) is 13.9. The predicted octanol–water partition coefficient (Wildman–Crippen LogP) is 4.65. The molecular formula is C17H17F3N2OS. The molecule has 0 radical (unpaired) electrons. The van der Waals surface area contributed by atoms with Crippen LogP contribution in [0, 0.1) is 5.92 Å². The van der Waals surface area contributed by atoms with Crippen LogP contribution in [0.15, 0.2) is 29.6 Å². The molecule has 2 aromatic rings. The Morgan fingerprint density at radius 2 is 2.12 bits per heavy atom. The molecule has 1 aliphatic rings. The number of hydrazine groups is 1. The van der Waals surface area contributed by atoms with Crippen LogP contribution < -0.4 is 10.9 Å². The summed E-state index contributed by atoms with van der Waals surface area (Å²) in [5.74, 6) is 0.301. The molecule has 1 aliphatic carbocycles. The molecule has 2 N–H and O–H groups in total. The van der Waals surface area contributed by atoms with Crippen molar-refractivity contribution >= 4 is 22.9 Å². The first-order chi connectivity index (χ1) is 11.3. The fourth-order valence-corrected chi connectivity index (χ4v) is 4.08. The lowest BCUT2D eigenvalue weighted by Gasteiger charge is -2.19. The summed E-state index contributed by atoms with van der Waals surface area (Å²) in [7, 11) is 0. The summed E-state index contributed by atoms with van der Waals surface area (Å²) in [6.07, 6.45) is -1.52. The van der Waals surface area contributed by atoms with E-state index in [0.717, 1.165) is 37.0 Å². The Morgan fingerprint density at radius 1 is 1.33 bits per heavy atom. The lowest BCUT2D eigenvalue weighted by molar-refractivity contribution is -0.137. The maximum Gasteiger partial charge on any atom is 0.416 e. The quantitative estimate of drug-likeness (QED) is 0.788. The highest BCUT2D eigenvalue weighted by Gasteiger charge is 2.30.